The third-order valence-corrected chi connectivity index (χ3v) is 3.19. The molecule has 0 spiro atoms. The predicted octanol–water partition coefficient (Wildman–Crippen LogP) is 3.95. The van der Waals surface area contributed by atoms with Crippen LogP contribution in [0.5, 0.6) is 0 Å². The minimum atomic E-state index is -0.00873. The second-order valence-electron chi connectivity index (χ2n) is 5.64. The zero-order valence-electron chi connectivity index (χ0n) is 10.4. The number of allylic oxidation sites excluding steroid dienone is 1. The van der Waals surface area contributed by atoms with Gasteiger partial charge >= 0.3 is 0 Å². The van der Waals surface area contributed by atoms with E-state index in [-0.39, 0.29) is 17.1 Å². The van der Waals surface area contributed by atoms with Crippen molar-refractivity contribution in [2.45, 2.75) is 27.7 Å². The zero-order valence-corrected chi connectivity index (χ0v) is 10.4. The summed E-state index contributed by atoms with van der Waals surface area (Å²) >= 11 is 0. The molecule has 1 aliphatic carbocycles. The lowest BCUT2D eigenvalue weighted by molar-refractivity contribution is 0.0856. The standard InChI is InChI=1S/C15H18O/c1-10-9-11-7-5-6-8-12(11)14(16)13(10)15(2,3)4/h5-9,13H,1-4H3. The largest absolute Gasteiger partial charge is 0.293 e. The maximum Gasteiger partial charge on any atom is 0.171 e. The minimum Gasteiger partial charge on any atom is -0.293 e. The molecule has 1 aromatic rings. The zero-order chi connectivity index (χ0) is 11.9. The number of hydrogen-bond acceptors (Lipinski definition) is 1. The van der Waals surface area contributed by atoms with Crippen molar-refractivity contribution in [3.63, 3.8) is 0 Å². The molecule has 1 nitrogen and oxygen atoms in total. The van der Waals surface area contributed by atoms with Crippen LogP contribution in [-0.2, 0) is 0 Å². The van der Waals surface area contributed by atoms with Crippen LogP contribution in [0.15, 0.2) is 29.8 Å². The number of rotatable bonds is 0. The van der Waals surface area contributed by atoms with Gasteiger partial charge in [-0.15, -0.1) is 0 Å². The highest BCUT2D eigenvalue weighted by molar-refractivity contribution is 6.05. The van der Waals surface area contributed by atoms with Crippen LogP contribution in [0.25, 0.3) is 6.08 Å². The molecule has 84 valence electrons. The first-order chi connectivity index (χ1) is 7.41. The van der Waals surface area contributed by atoms with Crippen LogP contribution in [0.3, 0.4) is 0 Å². The number of ketones is 1. The molecule has 0 saturated carbocycles. The van der Waals surface area contributed by atoms with E-state index in [1.807, 2.05) is 24.3 Å². The maximum atomic E-state index is 12.4. The molecule has 0 heterocycles. The monoisotopic (exact) mass is 214 g/mol. The van der Waals surface area contributed by atoms with Crippen molar-refractivity contribution in [2.75, 3.05) is 0 Å². The van der Waals surface area contributed by atoms with Crippen LogP contribution in [0, 0.1) is 11.3 Å². The molecule has 1 unspecified atom stereocenters. The van der Waals surface area contributed by atoms with Gasteiger partial charge in [-0.05, 0) is 17.9 Å². The summed E-state index contributed by atoms with van der Waals surface area (Å²) in [6, 6.07) is 7.85. The SMILES string of the molecule is CC1=Cc2ccccc2C(=O)C1C(C)(C)C. The van der Waals surface area contributed by atoms with Gasteiger partial charge in [0.25, 0.3) is 0 Å². The molecular formula is C15H18O. The van der Waals surface area contributed by atoms with Gasteiger partial charge < -0.3 is 0 Å². The fourth-order valence-corrected chi connectivity index (χ4v) is 2.61. The van der Waals surface area contributed by atoms with Gasteiger partial charge in [0, 0.05) is 11.5 Å². The van der Waals surface area contributed by atoms with Crippen molar-refractivity contribution in [1.29, 1.82) is 0 Å². The average Bonchev–Trinajstić information content (AvgIpc) is 2.15. The molecule has 0 N–H and O–H groups in total. The van der Waals surface area contributed by atoms with E-state index in [4.69, 9.17) is 0 Å². The Morgan fingerprint density at radius 1 is 1.12 bits per heavy atom. The van der Waals surface area contributed by atoms with Crippen molar-refractivity contribution in [1.82, 2.24) is 0 Å². The Morgan fingerprint density at radius 3 is 2.38 bits per heavy atom. The molecule has 0 radical (unpaired) electrons. The van der Waals surface area contributed by atoms with Crippen molar-refractivity contribution in [2.24, 2.45) is 11.3 Å². The highest BCUT2D eigenvalue weighted by Gasteiger charge is 2.36. The van der Waals surface area contributed by atoms with Crippen molar-refractivity contribution >= 4 is 11.9 Å². The van der Waals surface area contributed by atoms with Crippen LogP contribution >= 0.6 is 0 Å². The normalized spacial score (nSPS) is 20.4. The third-order valence-electron chi connectivity index (χ3n) is 3.19. The lowest BCUT2D eigenvalue weighted by Crippen LogP contribution is -2.32. The Kier molecular flexibility index (Phi) is 2.49. The van der Waals surface area contributed by atoms with Gasteiger partial charge in [0.05, 0.1) is 0 Å². The molecular weight excluding hydrogens is 196 g/mol. The number of carbonyl (C=O) groups excluding carboxylic acids is 1. The molecule has 16 heavy (non-hydrogen) atoms. The number of carbonyl (C=O) groups is 1. The van der Waals surface area contributed by atoms with E-state index in [0.29, 0.717) is 0 Å². The molecule has 0 aromatic heterocycles. The number of benzene rings is 1. The summed E-state index contributed by atoms with van der Waals surface area (Å²) in [4.78, 5) is 12.4. The van der Waals surface area contributed by atoms with Gasteiger partial charge in [0.15, 0.2) is 5.78 Å². The van der Waals surface area contributed by atoms with E-state index >= 15 is 0 Å². The summed E-state index contributed by atoms with van der Waals surface area (Å²) in [5.74, 6) is 0.283. The molecule has 0 fully saturated rings. The second kappa shape index (κ2) is 3.58. The van der Waals surface area contributed by atoms with E-state index in [1.54, 1.807) is 0 Å². The van der Waals surface area contributed by atoms with Gasteiger partial charge in [-0.25, -0.2) is 0 Å². The van der Waals surface area contributed by atoms with E-state index in [0.717, 1.165) is 11.1 Å². The average molecular weight is 214 g/mol. The molecule has 0 aliphatic heterocycles. The van der Waals surface area contributed by atoms with Crippen LogP contribution in [0.1, 0.15) is 43.6 Å². The van der Waals surface area contributed by atoms with E-state index in [1.165, 1.54) is 5.57 Å². The number of Topliss-reactive ketones (excluding diaryl/α,β-unsaturated/α-hetero) is 1. The van der Waals surface area contributed by atoms with Crippen molar-refractivity contribution in [3.05, 3.63) is 41.0 Å². The molecule has 0 saturated heterocycles. The Morgan fingerprint density at radius 2 is 1.75 bits per heavy atom. The first-order valence-electron chi connectivity index (χ1n) is 5.72. The highest BCUT2D eigenvalue weighted by atomic mass is 16.1. The summed E-state index contributed by atoms with van der Waals surface area (Å²) in [7, 11) is 0. The Bertz CT molecular complexity index is 461. The van der Waals surface area contributed by atoms with Gasteiger partial charge in [-0.3, -0.25) is 4.79 Å². The highest BCUT2D eigenvalue weighted by Crippen LogP contribution is 2.39. The Balaban J connectivity index is 2.56. The molecule has 1 atom stereocenters. The third kappa shape index (κ3) is 1.71. The number of fused-ring (bicyclic) bond motifs is 1. The van der Waals surface area contributed by atoms with Gasteiger partial charge in [-0.2, -0.15) is 0 Å². The van der Waals surface area contributed by atoms with Gasteiger partial charge in [0.2, 0.25) is 0 Å². The van der Waals surface area contributed by atoms with Crippen LogP contribution in [0.4, 0.5) is 0 Å². The number of hydrogen-bond donors (Lipinski definition) is 0. The first-order valence-corrected chi connectivity index (χ1v) is 5.72. The van der Waals surface area contributed by atoms with E-state index < -0.39 is 0 Å². The fraction of sp³-hybridized carbons (Fsp3) is 0.400. The molecule has 2 rings (SSSR count). The Labute approximate surface area is 97.2 Å². The van der Waals surface area contributed by atoms with Crippen molar-refractivity contribution < 1.29 is 4.79 Å². The lowest BCUT2D eigenvalue weighted by atomic mass is 9.69. The summed E-state index contributed by atoms with van der Waals surface area (Å²) in [5.41, 5.74) is 3.10. The van der Waals surface area contributed by atoms with E-state index in [9.17, 15) is 4.79 Å². The van der Waals surface area contributed by atoms with Crippen LogP contribution in [0.2, 0.25) is 0 Å². The summed E-state index contributed by atoms with van der Waals surface area (Å²) in [6.07, 6.45) is 2.15. The quantitative estimate of drug-likeness (QED) is 0.639. The summed E-state index contributed by atoms with van der Waals surface area (Å²) < 4.78 is 0. The summed E-state index contributed by atoms with van der Waals surface area (Å²) in [6.45, 7) is 8.44. The topological polar surface area (TPSA) is 17.1 Å². The molecule has 1 aliphatic rings. The first kappa shape index (κ1) is 11.1. The smallest absolute Gasteiger partial charge is 0.171 e. The Hall–Kier alpha value is -1.37. The second-order valence-corrected chi connectivity index (χ2v) is 5.64. The van der Waals surface area contributed by atoms with Crippen LogP contribution < -0.4 is 0 Å². The van der Waals surface area contributed by atoms with Gasteiger partial charge in [0.1, 0.15) is 0 Å². The predicted molar refractivity (Wildman–Crippen MR) is 67.4 cm³/mol. The fourth-order valence-electron chi connectivity index (χ4n) is 2.61. The van der Waals surface area contributed by atoms with E-state index in [2.05, 4.69) is 33.8 Å². The van der Waals surface area contributed by atoms with Crippen LogP contribution in [-0.4, -0.2) is 5.78 Å². The van der Waals surface area contributed by atoms with Crippen molar-refractivity contribution in [3.8, 4) is 0 Å². The molecule has 0 bridgehead atoms. The molecule has 1 heteroatoms. The maximum absolute atomic E-state index is 12.4. The summed E-state index contributed by atoms with van der Waals surface area (Å²) in [5, 5.41) is 0. The minimum absolute atomic E-state index is 0.00873. The molecule has 1 aromatic carbocycles. The molecule has 0 amide bonds. The van der Waals surface area contributed by atoms with Gasteiger partial charge in [-0.1, -0.05) is 56.7 Å². The lowest BCUT2D eigenvalue weighted by Gasteiger charge is -2.33.